The lowest BCUT2D eigenvalue weighted by molar-refractivity contribution is 0.622. The van der Waals surface area contributed by atoms with Crippen LogP contribution < -0.4 is 16.4 Å². The van der Waals surface area contributed by atoms with Crippen LogP contribution in [-0.2, 0) is 0 Å². The number of H-pyrrole nitrogens is 1. The number of nitrogens with two attached hydrogens (primary N) is 2. The molecule has 0 radical (unpaired) electrons. The van der Waals surface area contributed by atoms with Gasteiger partial charge in [-0.15, -0.1) is 0 Å². The van der Waals surface area contributed by atoms with Gasteiger partial charge in [-0.05, 0) is 26.8 Å². The van der Waals surface area contributed by atoms with E-state index in [1.165, 1.54) is 7.05 Å². The molecule has 1 aliphatic rings. The maximum absolute atomic E-state index is 13.9. The van der Waals surface area contributed by atoms with Gasteiger partial charge in [0.25, 0.3) is 0 Å². The van der Waals surface area contributed by atoms with Crippen molar-refractivity contribution in [2.24, 2.45) is 5.73 Å². The van der Waals surface area contributed by atoms with Gasteiger partial charge in [-0.3, -0.25) is 5.10 Å². The molecule has 1 fully saturated rings. The Bertz CT molecular complexity index is 605. The molecule has 2 aromatic rings. The molecule has 3 heterocycles. The third kappa shape index (κ3) is 3.10. The first-order chi connectivity index (χ1) is 10.1. The van der Waals surface area contributed by atoms with Crippen LogP contribution >= 0.6 is 0 Å². The second-order valence-corrected chi connectivity index (χ2v) is 4.67. The highest BCUT2D eigenvalue weighted by Gasteiger charge is 2.19. The maximum Gasteiger partial charge on any atom is 0.222 e. The standard InChI is InChI=1S/C12H15FN6.CH5N/c1-7-10(13)11(18-17-7)8-6-9(16-12(14)15-8)19-4-2-3-5-19;1-2/h6H,2-5H2,1H3,(H,17,18)(H2,14,15,16);2H2,1H3. The Morgan fingerprint density at radius 2 is 1.90 bits per heavy atom. The molecule has 0 unspecified atom stereocenters. The van der Waals surface area contributed by atoms with Gasteiger partial charge in [-0.2, -0.15) is 10.1 Å². The fourth-order valence-corrected chi connectivity index (χ4v) is 2.27. The molecule has 0 aromatic carbocycles. The lowest BCUT2D eigenvalue weighted by atomic mass is 10.2. The number of aromatic nitrogens is 4. The second kappa shape index (κ2) is 6.49. The van der Waals surface area contributed by atoms with Crippen LogP contribution in [0.2, 0.25) is 0 Å². The number of nitrogens with one attached hydrogen (secondary N) is 1. The van der Waals surface area contributed by atoms with Gasteiger partial charge >= 0.3 is 0 Å². The predicted octanol–water partition coefficient (Wildman–Crippen LogP) is 1.07. The Balaban J connectivity index is 0.000000774. The number of nitrogen functional groups attached to an aromatic ring is 1. The van der Waals surface area contributed by atoms with Crippen molar-refractivity contribution in [2.45, 2.75) is 19.8 Å². The number of aryl methyl sites for hydroxylation is 1. The van der Waals surface area contributed by atoms with Gasteiger partial charge in [0.15, 0.2) is 5.82 Å². The first kappa shape index (κ1) is 15.2. The first-order valence-electron chi connectivity index (χ1n) is 6.83. The van der Waals surface area contributed by atoms with Crippen molar-refractivity contribution in [3.05, 3.63) is 17.6 Å². The second-order valence-electron chi connectivity index (χ2n) is 4.67. The number of aromatic amines is 1. The molecule has 114 valence electrons. The zero-order valence-corrected chi connectivity index (χ0v) is 12.2. The molecule has 0 amide bonds. The Morgan fingerprint density at radius 1 is 1.24 bits per heavy atom. The van der Waals surface area contributed by atoms with Gasteiger partial charge in [0.2, 0.25) is 5.95 Å². The van der Waals surface area contributed by atoms with Gasteiger partial charge in [0, 0.05) is 19.2 Å². The van der Waals surface area contributed by atoms with Crippen molar-refractivity contribution < 1.29 is 4.39 Å². The third-order valence-corrected chi connectivity index (χ3v) is 3.28. The smallest absolute Gasteiger partial charge is 0.222 e. The van der Waals surface area contributed by atoms with Gasteiger partial charge in [0.1, 0.15) is 17.2 Å². The topological polar surface area (TPSA) is 110 Å². The highest BCUT2D eigenvalue weighted by Crippen LogP contribution is 2.26. The van der Waals surface area contributed by atoms with Crippen LogP contribution in [0, 0.1) is 12.7 Å². The van der Waals surface area contributed by atoms with E-state index in [1.54, 1.807) is 13.0 Å². The van der Waals surface area contributed by atoms with Gasteiger partial charge < -0.3 is 16.4 Å². The number of hydrogen-bond donors (Lipinski definition) is 3. The SMILES string of the molecule is CN.Cc1[nH]nc(-c2cc(N3CCCC3)nc(N)n2)c1F. The molecule has 3 rings (SSSR count). The average molecular weight is 293 g/mol. The largest absolute Gasteiger partial charge is 0.368 e. The van der Waals surface area contributed by atoms with Crippen molar-refractivity contribution in [2.75, 3.05) is 30.8 Å². The summed E-state index contributed by atoms with van der Waals surface area (Å²) in [6.45, 7) is 3.51. The van der Waals surface area contributed by atoms with Crippen LogP contribution in [0.15, 0.2) is 6.07 Å². The van der Waals surface area contributed by atoms with Crippen molar-refractivity contribution in [1.29, 1.82) is 0 Å². The fraction of sp³-hybridized carbons (Fsp3) is 0.462. The third-order valence-electron chi connectivity index (χ3n) is 3.28. The molecular weight excluding hydrogens is 273 g/mol. The van der Waals surface area contributed by atoms with Gasteiger partial charge in [-0.25, -0.2) is 9.37 Å². The number of anilines is 2. The molecule has 21 heavy (non-hydrogen) atoms. The Hall–Kier alpha value is -2.22. The minimum absolute atomic E-state index is 0.138. The van der Waals surface area contributed by atoms with Crippen LogP contribution in [0.3, 0.4) is 0 Å². The zero-order valence-electron chi connectivity index (χ0n) is 12.2. The number of rotatable bonds is 2. The first-order valence-corrected chi connectivity index (χ1v) is 6.83. The summed E-state index contributed by atoms with van der Waals surface area (Å²) in [5.74, 6) is 0.477. The summed E-state index contributed by atoms with van der Waals surface area (Å²) in [6.07, 6.45) is 2.27. The molecule has 0 aliphatic carbocycles. The Morgan fingerprint density at radius 3 is 2.48 bits per heavy atom. The van der Waals surface area contributed by atoms with Crippen molar-refractivity contribution in [3.8, 4) is 11.4 Å². The van der Waals surface area contributed by atoms with Crippen molar-refractivity contribution in [1.82, 2.24) is 20.2 Å². The molecule has 7 nitrogen and oxygen atoms in total. The average Bonchev–Trinajstić information content (AvgIpc) is 3.12. The molecule has 8 heteroatoms. The number of halogens is 1. The van der Waals surface area contributed by atoms with E-state index in [9.17, 15) is 4.39 Å². The van der Waals surface area contributed by atoms with E-state index >= 15 is 0 Å². The molecule has 0 bridgehead atoms. The lowest BCUT2D eigenvalue weighted by Gasteiger charge is -2.16. The summed E-state index contributed by atoms with van der Waals surface area (Å²) >= 11 is 0. The van der Waals surface area contributed by atoms with Crippen LogP contribution in [0.25, 0.3) is 11.4 Å². The Labute approximate surface area is 122 Å². The molecule has 0 saturated carbocycles. The summed E-state index contributed by atoms with van der Waals surface area (Å²) in [5, 5.41) is 6.53. The van der Waals surface area contributed by atoms with E-state index < -0.39 is 5.82 Å². The monoisotopic (exact) mass is 293 g/mol. The fourth-order valence-electron chi connectivity index (χ4n) is 2.27. The Kier molecular flexibility index (Phi) is 4.69. The van der Waals surface area contributed by atoms with Crippen LogP contribution in [-0.4, -0.2) is 40.3 Å². The molecule has 0 atom stereocenters. The number of nitrogens with zero attached hydrogens (tertiary/aromatic N) is 4. The summed E-state index contributed by atoms with van der Waals surface area (Å²) in [6, 6.07) is 1.74. The summed E-state index contributed by atoms with van der Waals surface area (Å²) in [5.41, 5.74) is 11.2. The van der Waals surface area contributed by atoms with Crippen LogP contribution in [0.4, 0.5) is 16.2 Å². The molecule has 1 saturated heterocycles. The van der Waals surface area contributed by atoms with Crippen LogP contribution in [0.5, 0.6) is 0 Å². The highest BCUT2D eigenvalue weighted by atomic mass is 19.1. The summed E-state index contributed by atoms with van der Waals surface area (Å²) in [4.78, 5) is 10.4. The highest BCUT2D eigenvalue weighted by molar-refractivity contribution is 5.62. The summed E-state index contributed by atoms with van der Waals surface area (Å²) in [7, 11) is 1.50. The van der Waals surface area contributed by atoms with Crippen molar-refractivity contribution in [3.63, 3.8) is 0 Å². The molecule has 2 aromatic heterocycles. The maximum atomic E-state index is 13.9. The lowest BCUT2D eigenvalue weighted by Crippen LogP contribution is -2.19. The molecule has 5 N–H and O–H groups in total. The molecule has 0 spiro atoms. The van der Waals surface area contributed by atoms with Crippen molar-refractivity contribution >= 4 is 11.8 Å². The van der Waals surface area contributed by atoms with Gasteiger partial charge in [0.05, 0.1) is 5.69 Å². The number of hydrogen-bond acceptors (Lipinski definition) is 6. The quantitative estimate of drug-likeness (QED) is 0.764. The van der Waals surface area contributed by atoms with E-state index in [4.69, 9.17) is 5.73 Å². The normalized spacial score (nSPS) is 14.0. The minimum Gasteiger partial charge on any atom is -0.368 e. The van der Waals surface area contributed by atoms with E-state index in [2.05, 4.69) is 30.8 Å². The minimum atomic E-state index is -0.398. The zero-order chi connectivity index (χ0) is 15.4. The predicted molar refractivity (Wildman–Crippen MR) is 80.3 cm³/mol. The molecule has 1 aliphatic heterocycles. The molecular formula is C13H20FN7. The van der Waals surface area contributed by atoms with E-state index in [1.807, 2.05) is 0 Å². The van der Waals surface area contributed by atoms with E-state index in [0.29, 0.717) is 11.4 Å². The van der Waals surface area contributed by atoms with E-state index in [-0.39, 0.29) is 11.6 Å². The van der Waals surface area contributed by atoms with Gasteiger partial charge in [-0.1, -0.05) is 0 Å². The van der Waals surface area contributed by atoms with E-state index in [0.717, 1.165) is 31.7 Å². The summed E-state index contributed by atoms with van der Waals surface area (Å²) < 4.78 is 13.9. The van der Waals surface area contributed by atoms with Crippen LogP contribution in [0.1, 0.15) is 18.5 Å².